The molecule has 1 heterocycles. The Labute approximate surface area is 120 Å². The van der Waals surface area contributed by atoms with Crippen LogP contribution < -0.4 is 0 Å². The van der Waals surface area contributed by atoms with Crippen LogP contribution in [0.5, 0.6) is 0 Å². The van der Waals surface area contributed by atoms with Crippen LogP contribution in [0.25, 0.3) is 11.1 Å². The summed E-state index contributed by atoms with van der Waals surface area (Å²) in [6.07, 6.45) is 2.65. The fourth-order valence-electron chi connectivity index (χ4n) is 3.04. The van der Waals surface area contributed by atoms with Gasteiger partial charge in [0.15, 0.2) is 0 Å². The zero-order chi connectivity index (χ0) is 13.1. The van der Waals surface area contributed by atoms with Crippen LogP contribution in [-0.4, -0.2) is 11.5 Å². The molecule has 0 saturated carbocycles. The molecule has 2 aromatic rings. The summed E-state index contributed by atoms with van der Waals surface area (Å²) in [5, 5.41) is 0. The van der Waals surface area contributed by atoms with Gasteiger partial charge in [-0.25, -0.2) is 0 Å². The van der Waals surface area contributed by atoms with E-state index in [-0.39, 0.29) is 0 Å². The predicted octanol–water partition coefficient (Wildman–Crippen LogP) is 5.27. The van der Waals surface area contributed by atoms with Crippen LogP contribution in [0.4, 0.5) is 0 Å². The Morgan fingerprint density at radius 1 is 0.895 bits per heavy atom. The molecule has 0 N–H and O–H groups in total. The lowest BCUT2D eigenvalue weighted by atomic mass is 9.85. The van der Waals surface area contributed by atoms with E-state index in [2.05, 4.69) is 67.2 Å². The van der Waals surface area contributed by atoms with Gasteiger partial charge in [0.25, 0.3) is 0 Å². The fraction of sp³-hybridized carbons (Fsp3) is 0.333. The molecule has 0 bridgehead atoms. The van der Waals surface area contributed by atoms with Gasteiger partial charge in [-0.15, -0.1) is 0 Å². The van der Waals surface area contributed by atoms with Crippen LogP contribution in [0.15, 0.2) is 48.5 Å². The first-order valence-corrected chi connectivity index (χ1v) is 8.24. The molecule has 0 atom stereocenters. The molecule has 2 aromatic carbocycles. The second kappa shape index (κ2) is 5.83. The van der Waals surface area contributed by atoms with E-state index in [0.717, 1.165) is 5.92 Å². The van der Waals surface area contributed by atoms with E-state index in [4.69, 9.17) is 0 Å². The molecular weight excluding hydrogens is 248 g/mol. The molecule has 0 aliphatic carbocycles. The van der Waals surface area contributed by atoms with Crippen LogP contribution >= 0.6 is 11.8 Å². The van der Waals surface area contributed by atoms with E-state index in [1.165, 1.54) is 41.0 Å². The summed E-state index contributed by atoms with van der Waals surface area (Å²) in [6.45, 7) is 2.24. The third kappa shape index (κ3) is 2.71. The fourth-order valence-corrected chi connectivity index (χ4v) is 4.14. The van der Waals surface area contributed by atoms with Gasteiger partial charge in [-0.1, -0.05) is 48.5 Å². The normalized spacial score (nSPS) is 16.5. The summed E-state index contributed by atoms with van der Waals surface area (Å²) in [5.41, 5.74) is 5.81. The molecule has 19 heavy (non-hydrogen) atoms. The maximum atomic E-state index is 2.34. The molecule has 1 aliphatic rings. The van der Waals surface area contributed by atoms with Crippen molar-refractivity contribution in [1.82, 2.24) is 0 Å². The largest absolute Gasteiger partial charge is 0.162 e. The average molecular weight is 268 g/mol. The summed E-state index contributed by atoms with van der Waals surface area (Å²) < 4.78 is 0. The lowest BCUT2D eigenvalue weighted by Crippen LogP contribution is -2.09. The first-order valence-electron chi connectivity index (χ1n) is 7.09. The summed E-state index contributed by atoms with van der Waals surface area (Å²) in [4.78, 5) is 0. The Morgan fingerprint density at radius 3 is 2.37 bits per heavy atom. The van der Waals surface area contributed by atoms with Crippen molar-refractivity contribution in [2.24, 2.45) is 0 Å². The summed E-state index contributed by atoms with van der Waals surface area (Å²) in [5.74, 6) is 3.37. The van der Waals surface area contributed by atoms with Gasteiger partial charge in [0.2, 0.25) is 0 Å². The third-order valence-corrected chi connectivity index (χ3v) is 5.08. The number of hydrogen-bond acceptors (Lipinski definition) is 1. The van der Waals surface area contributed by atoms with E-state index in [0.29, 0.717) is 0 Å². The molecule has 0 amide bonds. The minimum absolute atomic E-state index is 0.747. The van der Waals surface area contributed by atoms with Crippen LogP contribution in [0, 0.1) is 6.92 Å². The Kier molecular flexibility index (Phi) is 3.93. The van der Waals surface area contributed by atoms with Gasteiger partial charge in [0.1, 0.15) is 0 Å². The molecule has 1 heteroatoms. The van der Waals surface area contributed by atoms with Gasteiger partial charge in [-0.2, -0.15) is 11.8 Å². The minimum atomic E-state index is 0.747. The monoisotopic (exact) mass is 268 g/mol. The molecule has 0 radical (unpaired) electrons. The Morgan fingerprint density at radius 2 is 1.63 bits per heavy atom. The van der Waals surface area contributed by atoms with Crippen LogP contribution in [0.1, 0.15) is 29.9 Å². The number of rotatable bonds is 2. The molecule has 1 fully saturated rings. The van der Waals surface area contributed by atoms with Crippen molar-refractivity contribution in [2.45, 2.75) is 25.7 Å². The standard InChI is InChI=1S/C18H20S/c1-14-6-5-9-17(15-10-12-19-13-11-15)18(14)16-7-3-2-4-8-16/h2-9,15H,10-13H2,1H3. The Balaban J connectivity index is 2.07. The van der Waals surface area contributed by atoms with Crippen molar-refractivity contribution in [3.05, 3.63) is 59.7 Å². The topological polar surface area (TPSA) is 0 Å². The lowest BCUT2D eigenvalue weighted by Gasteiger charge is -2.25. The summed E-state index contributed by atoms with van der Waals surface area (Å²) in [6, 6.07) is 17.7. The molecule has 0 aromatic heterocycles. The maximum Gasteiger partial charge on any atom is -0.00617 e. The zero-order valence-electron chi connectivity index (χ0n) is 11.4. The Hall–Kier alpha value is -1.21. The summed E-state index contributed by atoms with van der Waals surface area (Å²) >= 11 is 2.10. The van der Waals surface area contributed by atoms with E-state index >= 15 is 0 Å². The van der Waals surface area contributed by atoms with E-state index in [1.54, 1.807) is 5.56 Å². The molecule has 1 aliphatic heterocycles. The summed E-state index contributed by atoms with van der Waals surface area (Å²) in [7, 11) is 0. The number of hydrogen-bond donors (Lipinski definition) is 0. The van der Waals surface area contributed by atoms with Gasteiger partial charge in [0.05, 0.1) is 0 Å². The van der Waals surface area contributed by atoms with Gasteiger partial charge in [0, 0.05) is 0 Å². The first kappa shape index (κ1) is 12.8. The number of aryl methyl sites for hydroxylation is 1. The van der Waals surface area contributed by atoms with Crippen molar-refractivity contribution in [2.75, 3.05) is 11.5 Å². The van der Waals surface area contributed by atoms with Crippen LogP contribution in [-0.2, 0) is 0 Å². The maximum absolute atomic E-state index is 2.34. The molecule has 0 spiro atoms. The average Bonchev–Trinajstić information content (AvgIpc) is 2.49. The second-order valence-corrected chi connectivity index (χ2v) is 6.52. The van der Waals surface area contributed by atoms with Crippen molar-refractivity contribution in [3.8, 4) is 11.1 Å². The highest BCUT2D eigenvalue weighted by atomic mass is 32.2. The molecule has 0 nitrogen and oxygen atoms in total. The predicted molar refractivity (Wildman–Crippen MR) is 85.9 cm³/mol. The molecule has 1 saturated heterocycles. The number of benzene rings is 2. The lowest BCUT2D eigenvalue weighted by molar-refractivity contribution is 0.638. The highest BCUT2D eigenvalue weighted by Crippen LogP contribution is 2.38. The van der Waals surface area contributed by atoms with Crippen molar-refractivity contribution < 1.29 is 0 Å². The Bertz CT molecular complexity index is 539. The SMILES string of the molecule is Cc1cccc(C2CCSCC2)c1-c1ccccc1. The smallest absolute Gasteiger partial charge is 0.00617 e. The third-order valence-electron chi connectivity index (χ3n) is 4.03. The number of thioether (sulfide) groups is 1. The molecule has 98 valence electrons. The van der Waals surface area contributed by atoms with Crippen molar-refractivity contribution in [1.29, 1.82) is 0 Å². The van der Waals surface area contributed by atoms with Crippen molar-refractivity contribution >= 4 is 11.8 Å². The highest BCUT2D eigenvalue weighted by Gasteiger charge is 2.20. The van der Waals surface area contributed by atoms with Crippen LogP contribution in [0.3, 0.4) is 0 Å². The minimum Gasteiger partial charge on any atom is -0.162 e. The van der Waals surface area contributed by atoms with Gasteiger partial charge in [-0.05, 0) is 59.4 Å². The van der Waals surface area contributed by atoms with Gasteiger partial charge >= 0.3 is 0 Å². The zero-order valence-corrected chi connectivity index (χ0v) is 12.2. The van der Waals surface area contributed by atoms with Crippen molar-refractivity contribution in [3.63, 3.8) is 0 Å². The molecule has 0 unspecified atom stereocenters. The van der Waals surface area contributed by atoms with E-state index < -0.39 is 0 Å². The second-order valence-electron chi connectivity index (χ2n) is 5.29. The quantitative estimate of drug-likeness (QED) is 0.714. The molecular formula is C18H20S. The van der Waals surface area contributed by atoms with E-state index in [9.17, 15) is 0 Å². The van der Waals surface area contributed by atoms with E-state index in [1.807, 2.05) is 0 Å². The highest BCUT2D eigenvalue weighted by molar-refractivity contribution is 7.99. The first-order chi connectivity index (χ1) is 9.36. The van der Waals surface area contributed by atoms with Gasteiger partial charge in [-0.3, -0.25) is 0 Å². The van der Waals surface area contributed by atoms with Crippen LogP contribution in [0.2, 0.25) is 0 Å². The van der Waals surface area contributed by atoms with Gasteiger partial charge < -0.3 is 0 Å². The molecule has 3 rings (SSSR count).